The number of aromatic nitrogens is 2. The monoisotopic (exact) mass is 257 g/mol. The minimum absolute atomic E-state index is 0.428. The minimum atomic E-state index is -0.428. The average molecular weight is 257 g/mol. The Morgan fingerprint density at radius 3 is 3.00 bits per heavy atom. The summed E-state index contributed by atoms with van der Waals surface area (Å²) in [6, 6.07) is 8.03. The molecule has 1 aromatic carbocycles. The van der Waals surface area contributed by atoms with Crippen molar-refractivity contribution < 1.29 is 5.11 Å². The molecule has 0 saturated carbocycles. The number of imidazole rings is 1. The lowest BCUT2D eigenvalue weighted by atomic mass is 10.0. The van der Waals surface area contributed by atoms with Gasteiger partial charge >= 0.3 is 0 Å². The van der Waals surface area contributed by atoms with Crippen molar-refractivity contribution in [3.8, 4) is 0 Å². The first kappa shape index (κ1) is 12.4. The molecule has 4 nitrogen and oxygen atoms in total. The van der Waals surface area contributed by atoms with E-state index in [0.29, 0.717) is 6.54 Å². The number of hydrogen-bond donors (Lipinski definition) is 1. The lowest BCUT2D eigenvalue weighted by Gasteiger charge is -2.29. The van der Waals surface area contributed by atoms with Crippen molar-refractivity contribution in [2.45, 2.75) is 26.1 Å². The third-order valence-electron chi connectivity index (χ3n) is 3.80. The smallest absolute Gasteiger partial charge is 0.122 e. The molecule has 0 fully saturated rings. The van der Waals surface area contributed by atoms with Crippen LogP contribution < -0.4 is 0 Å². The van der Waals surface area contributed by atoms with E-state index in [1.54, 1.807) is 0 Å². The van der Waals surface area contributed by atoms with E-state index in [0.717, 1.165) is 36.6 Å². The fourth-order valence-electron chi connectivity index (χ4n) is 2.68. The lowest BCUT2D eigenvalue weighted by Crippen LogP contribution is -2.36. The summed E-state index contributed by atoms with van der Waals surface area (Å²) in [6.45, 7) is 5.44. The molecule has 0 spiro atoms. The van der Waals surface area contributed by atoms with Crippen molar-refractivity contribution in [1.29, 1.82) is 0 Å². The number of fused-ring (bicyclic) bond motifs is 1. The zero-order valence-corrected chi connectivity index (χ0v) is 11.2. The number of hydrogen-bond acceptors (Lipinski definition) is 3. The second-order valence-electron chi connectivity index (χ2n) is 5.14. The Hall–Kier alpha value is -1.65. The van der Waals surface area contributed by atoms with Gasteiger partial charge in [0.15, 0.2) is 0 Å². The fraction of sp³-hybridized carbons (Fsp3) is 0.400. The summed E-state index contributed by atoms with van der Waals surface area (Å²) in [6.07, 6.45) is 3.43. The molecule has 100 valence electrons. The Balaban J connectivity index is 1.68. The highest BCUT2D eigenvalue weighted by molar-refractivity contribution is 5.27. The molecule has 1 aliphatic heterocycles. The van der Waals surface area contributed by atoms with Crippen LogP contribution in [0.3, 0.4) is 0 Å². The highest BCUT2D eigenvalue weighted by Crippen LogP contribution is 2.20. The lowest BCUT2D eigenvalue weighted by molar-refractivity contribution is 0.0958. The first-order chi connectivity index (χ1) is 9.24. The van der Waals surface area contributed by atoms with Gasteiger partial charge in [-0.1, -0.05) is 24.3 Å². The summed E-state index contributed by atoms with van der Waals surface area (Å²) in [5, 5.41) is 10.4. The molecule has 1 unspecified atom stereocenters. The Bertz CT molecular complexity index is 564. The second-order valence-corrected chi connectivity index (χ2v) is 5.14. The van der Waals surface area contributed by atoms with E-state index in [1.807, 2.05) is 43.6 Å². The van der Waals surface area contributed by atoms with Gasteiger partial charge in [0.2, 0.25) is 0 Å². The molecule has 2 heterocycles. The molecule has 1 aromatic heterocycles. The molecule has 2 aromatic rings. The van der Waals surface area contributed by atoms with Crippen molar-refractivity contribution in [1.82, 2.24) is 14.5 Å². The Labute approximate surface area is 113 Å². The van der Waals surface area contributed by atoms with Gasteiger partial charge in [-0.2, -0.15) is 0 Å². The zero-order chi connectivity index (χ0) is 13.2. The van der Waals surface area contributed by atoms with Gasteiger partial charge in [-0.05, 0) is 18.1 Å². The fourth-order valence-corrected chi connectivity index (χ4v) is 2.68. The summed E-state index contributed by atoms with van der Waals surface area (Å²) < 4.78 is 2.18. The quantitative estimate of drug-likeness (QED) is 0.910. The highest BCUT2D eigenvalue weighted by Gasteiger charge is 2.20. The molecular weight excluding hydrogens is 238 g/mol. The SMILES string of the molecule is Cc1ccccc1C(O)CN1CCn2ccnc2C1. The Morgan fingerprint density at radius 2 is 2.16 bits per heavy atom. The van der Waals surface area contributed by atoms with Gasteiger partial charge in [0.05, 0.1) is 12.6 Å². The van der Waals surface area contributed by atoms with Crippen molar-refractivity contribution in [2.24, 2.45) is 0 Å². The van der Waals surface area contributed by atoms with E-state index < -0.39 is 6.10 Å². The summed E-state index contributed by atoms with van der Waals surface area (Å²) in [7, 11) is 0. The number of aliphatic hydroxyl groups is 1. The summed E-state index contributed by atoms with van der Waals surface area (Å²) in [4.78, 5) is 6.61. The Kier molecular flexibility index (Phi) is 3.36. The van der Waals surface area contributed by atoms with Gasteiger partial charge in [0, 0.05) is 32.0 Å². The molecule has 1 atom stereocenters. The van der Waals surface area contributed by atoms with Crippen LogP contribution in [0.25, 0.3) is 0 Å². The zero-order valence-electron chi connectivity index (χ0n) is 11.2. The predicted molar refractivity (Wildman–Crippen MR) is 73.6 cm³/mol. The van der Waals surface area contributed by atoms with Gasteiger partial charge in [0.1, 0.15) is 5.82 Å². The van der Waals surface area contributed by atoms with Crippen LogP contribution in [-0.4, -0.2) is 32.6 Å². The van der Waals surface area contributed by atoms with Crippen LogP contribution in [-0.2, 0) is 13.1 Å². The van der Waals surface area contributed by atoms with Gasteiger partial charge in [-0.15, -0.1) is 0 Å². The number of β-amino-alcohol motifs (C(OH)–C–C–N with tert-alkyl or cyclic N) is 1. The van der Waals surface area contributed by atoms with E-state index in [-0.39, 0.29) is 0 Å². The van der Waals surface area contributed by atoms with Crippen LogP contribution in [0.2, 0.25) is 0 Å². The van der Waals surface area contributed by atoms with Crippen LogP contribution >= 0.6 is 0 Å². The van der Waals surface area contributed by atoms with Crippen molar-refractivity contribution in [3.63, 3.8) is 0 Å². The van der Waals surface area contributed by atoms with Crippen molar-refractivity contribution in [2.75, 3.05) is 13.1 Å². The number of rotatable bonds is 3. The maximum absolute atomic E-state index is 10.4. The first-order valence-electron chi connectivity index (χ1n) is 6.70. The van der Waals surface area contributed by atoms with Crippen LogP contribution in [0, 0.1) is 6.92 Å². The van der Waals surface area contributed by atoms with Crippen LogP contribution in [0.5, 0.6) is 0 Å². The third kappa shape index (κ3) is 2.55. The standard InChI is InChI=1S/C15H19N3O/c1-12-4-2-3-5-13(12)14(19)10-17-8-9-18-7-6-16-15(18)11-17/h2-7,14,19H,8-11H2,1H3. The number of benzene rings is 1. The maximum Gasteiger partial charge on any atom is 0.122 e. The predicted octanol–water partition coefficient (Wildman–Crippen LogP) is 1.74. The topological polar surface area (TPSA) is 41.3 Å². The molecule has 3 rings (SSSR count). The number of aryl methyl sites for hydroxylation is 1. The molecule has 0 aliphatic carbocycles. The second kappa shape index (κ2) is 5.15. The van der Waals surface area contributed by atoms with E-state index in [4.69, 9.17) is 0 Å². The van der Waals surface area contributed by atoms with E-state index >= 15 is 0 Å². The number of aliphatic hydroxyl groups excluding tert-OH is 1. The first-order valence-corrected chi connectivity index (χ1v) is 6.70. The van der Waals surface area contributed by atoms with Crippen LogP contribution in [0.4, 0.5) is 0 Å². The van der Waals surface area contributed by atoms with Crippen LogP contribution in [0.15, 0.2) is 36.7 Å². The largest absolute Gasteiger partial charge is 0.387 e. The molecule has 1 N–H and O–H groups in total. The molecule has 19 heavy (non-hydrogen) atoms. The average Bonchev–Trinajstić information content (AvgIpc) is 2.86. The minimum Gasteiger partial charge on any atom is -0.387 e. The molecular formula is C15H19N3O. The number of nitrogens with zero attached hydrogens (tertiary/aromatic N) is 3. The van der Waals surface area contributed by atoms with Gasteiger partial charge < -0.3 is 9.67 Å². The van der Waals surface area contributed by atoms with E-state index in [1.165, 1.54) is 0 Å². The highest BCUT2D eigenvalue weighted by atomic mass is 16.3. The van der Waals surface area contributed by atoms with Crippen LogP contribution in [0.1, 0.15) is 23.1 Å². The summed E-state index contributed by atoms with van der Waals surface area (Å²) in [5.74, 6) is 1.09. The van der Waals surface area contributed by atoms with Gasteiger partial charge in [0.25, 0.3) is 0 Å². The normalized spacial score (nSPS) is 17.2. The molecule has 1 aliphatic rings. The summed E-state index contributed by atoms with van der Waals surface area (Å²) in [5.41, 5.74) is 2.17. The molecule has 0 bridgehead atoms. The summed E-state index contributed by atoms with van der Waals surface area (Å²) >= 11 is 0. The molecule has 4 heteroatoms. The van der Waals surface area contributed by atoms with Gasteiger partial charge in [-0.3, -0.25) is 4.90 Å². The molecule has 0 saturated heterocycles. The molecule has 0 radical (unpaired) electrons. The van der Waals surface area contributed by atoms with Gasteiger partial charge in [-0.25, -0.2) is 4.98 Å². The third-order valence-corrected chi connectivity index (χ3v) is 3.80. The van der Waals surface area contributed by atoms with Crippen molar-refractivity contribution in [3.05, 3.63) is 53.6 Å². The molecule has 0 amide bonds. The van der Waals surface area contributed by atoms with Crippen molar-refractivity contribution >= 4 is 0 Å². The Morgan fingerprint density at radius 1 is 1.32 bits per heavy atom. The maximum atomic E-state index is 10.4. The van der Waals surface area contributed by atoms with E-state index in [9.17, 15) is 5.11 Å². The van der Waals surface area contributed by atoms with E-state index in [2.05, 4.69) is 14.5 Å².